The first kappa shape index (κ1) is 16.1. The van der Waals surface area contributed by atoms with Gasteiger partial charge in [0, 0.05) is 12.1 Å². The minimum absolute atomic E-state index is 0.177. The van der Waals surface area contributed by atoms with E-state index in [2.05, 4.69) is 5.32 Å². The Hall–Kier alpha value is -1.23. The number of nitrogens with one attached hydrogen (secondary N) is 1. The maximum Gasteiger partial charge on any atom is 0.391 e. The Balaban J connectivity index is 1.76. The van der Waals surface area contributed by atoms with E-state index in [4.69, 9.17) is 0 Å². The summed E-state index contributed by atoms with van der Waals surface area (Å²) in [6, 6.07) is 7.42. The number of hydrogen-bond acceptors (Lipinski definition) is 2. The summed E-state index contributed by atoms with van der Waals surface area (Å²) in [6.07, 6.45) is -1.60. The molecule has 2 nitrogen and oxygen atoms in total. The van der Waals surface area contributed by atoms with E-state index in [0.29, 0.717) is 12.8 Å². The molecule has 0 bridgehead atoms. The molecule has 1 aromatic carbocycles. The number of phenols is 1. The molecule has 1 aromatic rings. The Labute approximate surface area is 123 Å². The summed E-state index contributed by atoms with van der Waals surface area (Å²) in [4.78, 5) is 0. The van der Waals surface area contributed by atoms with Crippen LogP contribution >= 0.6 is 0 Å². The highest BCUT2D eigenvalue weighted by Gasteiger charge is 2.41. The lowest BCUT2D eigenvalue weighted by atomic mass is 9.85. The van der Waals surface area contributed by atoms with E-state index in [1.165, 1.54) is 0 Å². The van der Waals surface area contributed by atoms with Crippen LogP contribution in [-0.4, -0.2) is 23.4 Å². The van der Waals surface area contributed by atoms with Gasteiger partial charge >= 0.3 is 6.18 Å². The Kier molecular flexibility index (Phi) is 5.14. The number of alkyl halides is 3. The lowest BCUT2D eigenvalue weighted by Crippen LogP contribution is -2.41. The Morgan fingerprint density at radius 2 is 1.71 bits per heavy atom. The average Bonchev–Trinajstić information content (AvgIpc) is 2.41. The molecule has 118 valence electrons. The molecule has 1 aliphatic carbocycles. The van der Waals surface area contributed by atoms with Crippen LogP contribution < -0.4 is 5.32 Å². The van der Waals surface area contributed by atoms with Gasteiger partial charge in [-0.3, -0.25) is 0 Å². The molecule has 1 atom stereocenters. The highest BCUT2D eigenvalue weighted by atomic mass is 19.4. The largest absolute Gasteiger partial charge is 0.508 e. The highest BCUT2D eigenvalue weighted by Crippen LogP contribution is 2.37. The fourth-order valence-corrected chi connectivity index (χ4v) is 3.03. The SMILES string of the molecule is CC(Cc1ccc(O)cc1)NC1CCC(C(F)(F)F)CC1. The van der Waals surface area contributed by atoms with Crippen molar-refractivity contribution in [1.29, 1.82) is 0 Å². The third-order valence-corrected chi connectivity index (χ3v) is 4.19. The van der Waals surface area contributed by atoms with E-state index in [-0.39, 0.29) is 30.7 Å². The lowest BCUT2D eigenvalue weighted by Gasteiger charge is -2.32. The molecule has 0 aliphatic heterocycles. The number of hydrogen-bond donors (Lipinski definition) is 2. The van der Waals surface area contributed by atoms with E-state index >= 15 is 0 Å². The first-order valence-corrected chi connectivity index (χ1v) is 7.45. The van der Waals surface area contributed by atoms with Crippen LogP contribution in [0.2, 0.25) is 0 Å². The van der Waals surface area contributed by atoms with Crippen LogP contribution in [0.25, 0.3) is 0 Å². The maximum atomic E-state index is 12.6. The van der Waals surface area contributed by atoms with Crippen molar-refractivity contribution in [1.82, 2.24) is 5.32 Å². The molecule has 0 amide bonds. The van der Waals surface area contributed by atoms with Gasteiger partial charge in [0.2, 0.25) is 0 Å². The predicted octanol–water partition coefficient (Wildman–Crippen LogP) is 4.03. The zero-order chi connectivity index (χ0) is 15.5. The first-order chi connectivity index (χ1) is 9.84. The van der Waals surface area contributed by atoms with Gasteiger partial charge in [0.25, 0.3) is 0 Å². The fourth-order valence-electron chi connectivity index (χ4n) is 3.03. The van der Waals surface area contributed by atoms with Crippen LogP contribution in [0.4, 0.5) is 13.2 Å². The number of benzene rings is 1. The van der Waals surface area contributed by atoms with Crippen molar-refractivity contribution in [3.8, 4) is 5.75 Å². The van der Waals surface area contributed by atoms with E-state index < -0.39 is 12.1 Å². The molecule has 0 spiro atoms. The molecule has 2 N–H and O–H groups in total. The van der Waals surface area contributed by atoms with Crippen molar-refractivity contribution in [3.05, 3.63) is 29.8 Å². The summed E-state index contributed by atoms with van der Waals surface area (Å²) in [7, 11) is 0. The molecule has 2 rings (SSSR count). The fraction of sp³-hybridized carbons (Fsp3) is 0.625. The zero-order valence-electron chi connectivity index (χ0n) is 12.2. The summed E-state index contributed by atoms with van der Waals surface area (Å²) >= 11 is 0. The van der Waals surface area contributed by atoms with Crippen molar-refractivity contribution in [2.45, 2.75) is 57.3 Å². The van der Waals surface area contributed by atoms with Crippen LogP contribution in [0.5, 0.6) is 5.75 Å². The summed E-state index contributed by atoms with van der Waals surface area (Å²) in [5.41, 5.74) is 1.11. The second-order valence-corrected chi connectivity index (χ2v) is 6.03. The molecular weight excluding hydrogens is 279 g/mol. The smallest absolute Gasteiger partial charge is 0.391 e. The topological polar surface area (TPSA) is 32.3 Å². The monoisotopic (exact) mass is 301 g/mol. The highest BCUT2D eigenvalue weighted by molar-refractivity contribution is 5.26. The number of rotatable bonds is 4. The third-order valence-electron chi connectivity index (χ3n) is 4.19. The van der Waals surface area contributed by atoms with Crippen LogP contribution in [0, 0.1) is 5.92 Å². The lowest BCUT2D eigenvalue weighted by molar-refractivity contribution is -0.182. The van der Waals surface area contributed by atoms with Crippen molar-refractivity contribution in [3.63, 3.8) is 0 Å². The van der Waals surface area contributed by atoms with Gasteiger partial charge in [-0.15, -0.1) is 0 Å². The van der Waals surface area contributed by atoms with Gasteiger partial charge in [-0.25, -0.2) is 0 Å². The summed E-state index contributed by atoms with van der Waals surface area (Å²) in [5.74, 6) is -0.882. The van der Waals surface area contributed by atoms with Gasteiger partial charge in [-0.1, -0.05) is 12.1 Å². The molecule has 1 unspecified atom stereocenters. The van der Waals surface area contributed by atoms with Crippen molar-refractivity contribution >= 4 is 0 Å². The van der Waals surface area contributed by atoms with Gasteiger partial charge in [0.15, 0.2) is 0 Å². The van der Waals surface area contributed by atoms with E-state index in [0.717, 1.165) is 12.0 Å². The third kappa shape index (κ3) is 4.92. The Bertz CT molecular complexity index is 436. The molecular formula is C16H22F3NO. The molecule has 1 aliphatic rings. The van der Waals surface area contributed by atoms with Gasteiger partial charge in [0.1, 0.15) is 5.75 Å². The Morgan fingerprint density at radius 3 is 2.24 bits per heavy atom. The average molecular weight is 301 g/mol. The Morgan fingerprint density at radius 1 is 1.14 bits per heavy atom. The number of phenolic OH excluding ortho intramolecular Hbond substituents is 1. The molecule has 0 saturated heterocycles. The van der Waals surface area contributed by atoms with Crippen LogP contribution in [0.3, 0.4) is 0 Å². The molecule has 0 aromatic heterocycles. The van der Waals surface area contributed by atoms with Gasteiger partial charge in [-0.2, -0.15) is 13.2 Å². The van der Waals surface area contributed by atoms with Crippen molar-refractivity contribution in [2.75, 3.05) is 0 Å². The summed E-state index contributed by atoms with van der Waals surface area (Å²) in [5, 5.41) is 12.7. The minimum atomic E-state index is -4.04. The molecule has 1 fully saturated rings. The van der Waals surface area contributed by atoms with Gasteiger partial charge in [0.05, 0.1) is 5.92 Å². The maximum absolute atomic E-state index is 12.6. The second-order valence-electron chi connectivity index (χ2n) is 6.03. The van der Waals surface area contributed by atoms with Crippen LogP contribution in [-0.2, 0) is 6.42 Å². The minimum Gasteiger partial charge on any atom is -0.508 e. The zero-order valence-corrected chi connectivity index (χ0v) is 12.2. The van der Waals surface area contributed by atoms with Crippen LogP contribution in [0.15, 0.2) is 24.3 Å². The normalized spacial score (nSPS) is 24.8. The predicted molar refractivity (Wildman–Crippen MR) is 76.2 cm³/mol. The van der Waals surface area contributed by atoms with Crippen molar-refractivity contribution < 1.29 is 18.3 Å². The van der Waals surface area contributed by atoms with Crippen LogP contribution in [0.1, 0.15) is 38.2 Å². The second kappa shape index (κ2) is 6.69. The molecule has 21 heavy (non-hydrogen) atoms. The van der Waals surface area contributed by atoms with E-state index in [1.807, 2.05) is 19.1 Å². The van der Waals surface area contributed by atoms with E-state index in [1.54, 1.807) is 12.1 Å². The number of aromatic hydroxyl groups is 1. The molecule has 5 heteroatoms. The van der Waals surface area contributed by atoms with E-state index in [9.17, 15) is 18.3 Å². The van der Waals surface area contributed by atoms with Gasteiger partial charge in [-0.05, 0) is 56.7 Å². The first-order valence-electron chi connectivity index (χ1n) is 7.45. The molecule has 0 radical (unpaired) electrons. The van der Waals surface area contributed by atoms with Crippen molar-refractivity contribution in [2.24, 2.45) is 5.92 Å². The summed E-state index contributed by atoms with van der Waals surface area (Å²) < 4.78 is 37.8. The number of halogens is 3. The summed E-state index contributed by atoms with van der Waals surface area (Å²) in [6.45, 7) is 2.04. The quantitative estimate of drug-likeness (QED) is 0.880. The molecule has 0 heterocycles. The van der Waals surface area contributed by atoms with Gasteiger partial charge < -0.3 is 10.4 Å². The standard InChI is InChI=1S/C16H22F3NO/c1-11(10-12-2-8-15(21)9-3-12)20-14-6-4-13(5-7-14)16(17,18)19/h2-3,8-9,11,13-14,20-21H,4-7,10H2,1H3. The molecule has 1 saturated carbocycles.